The molecular weight excluding hydrogens is 216 g/mol. The maximum Gasteiger partial charge on any atom is 0.323 e. The first-order chi connectivity index (χ1) is 8.19. The highest BCUT2D eigenvalue weighted by Crippen LogP contribution is 2.25. The van der Waals surface area contributed by atoms with Gasteiger partial charge in [0.25, 0.3) is 0 Å². The highest BCUT2D eigenvalue weighted by Gasteiger charge is 2.27. The summed E-state index contributed by atoms with van der Waals surface area (Å²) >= 11 is 0. The van der Waals surface area contributed by atoms with Gasteiger partial charge in [-0.25, -0.2) is 0 Å². The third kappa shape index (κ3) is 5.50. The maximum atomic E-state index is 11.7. The standard InChI is InChI=1S/C13H26N2O2/c1-4-9-14-12(13(16)17-5-2)8-10-15(3)11-6-7-11/h11-12,14H,4-10H2,1-3H3. The fourth-order valence-corrected chi connectivity index (χ4v) is 1.90. The van der Waals surface area contributed by atoms with Gasteiger partial charge < -0.3 is 15.0 Å². The van der Waals surface area contributed by atoms with Crippen LogP contribution in [-0.4, -0.2) is 49.7 Å². The van der Waals surface area contributed by atoms with Crippen LogP contribution in [0.25, 0.3) is 0 Å². The summed E-state index contributed by atoms with van der Waals surface area (Å²) in [5, 5.41) is 3.27. The molecule has 0 heterocycles. The number of hydrogen-bond acceptors (Lipinski definition) is 4. The lowest BCUT2D eigenvalue weighted by Crippen LogP contribution is -2.41. The Bertz CT molecular complexity index is 229. The van der Waals surface area contributed by atoms with Gasteiger partial charge >= 0.3 is 5.97 Å². The van der Waals surface area contributed by atoms with Gasteiger partial charge in [0.1, 0.15) is 6.04 Å². The number of rotatable bonds is 9. The normalized spacial score (nSPS) is 17.2. The smallest absolute Gasteiger partial charge is 0.323 e. The third-order valence-corrected chi connectivity index (χ3v) is 3.15. The van der Waals surface area contributed by atoms with Gasteiger partial charge in [0.05, 0.1) is 6.61 Å². The Morgan fingerprint density at radius 1 is 1.47 bits per heavy atom. The van der Waals surface area contributed by atoms with E-state index in [9.17, 15) is 4.79 Å². The summed E-state index contributed by atoms with van der Waals surface area (Å²) in [7, 11) is 2.14. The van der Waals surface area contributed by atoms with E-state index in [2.05, 4.69) is 24.2 Å². The zero-order valence-electron chi connectivity index (χ0n) is 11.4. The van der Waals surface area contributed by atoms with Crippen LogP contribution in [0.3, 0.4) is 0 Å². The molecule has 4 nitrogen and oxygen atoms in total. The second-order valence-electron chi connectivity index (χ2n) is 4.76. The predicted molar refractivity (Wildman–Crippen MR) is 69.0 cm³/mol. The molecule has 0 spiro atoms. The molecule has 1 fully saturated rings. The van der Waals surface area contributed by atoms with Crippen molar-refractivity contribution in [3.8, 4) is 0 Å². The molecule has 1 aliphatic carbocycles. The number of ether oxygens (including phenoxy) is 1. The number of nitrogens with zero attached hydrogens (tertiary/aromatic N) is 1. The maximum absolute atomic E-state index is 11.7. The number of esters is 1. The molecule has 1 atom stereocenters. The molecule has 0 aliphatic heterocycles. The molecular formula is C13H26N2O2. The Balaban J connectivity index is 2.30. The van der Waals surface area contributed by atoms with Crippen LogP contribution in [0, 0.1) is 0 Å². The molecule has 0 radical (unpaired) electrons. The zero-order valence-corrected chi connectivity index (χ0v) is 11.4. The van der Waals surface area contributed by atoms with Crippen LogP contribution in [0.2, 0.25) is 0 Å². The first-order valence-electron chi connectivity index (χ1n) is 6.79. The Morgan fingerprint density at radius 2 is 2.18 bits per heavy atom. The summed E-state index contributed by atoms with van der Waals surface area (Å²) in [6.45, 7) is 6.25. The second-order valence-corrected chi connectivity index (χ2v) is 4.76. The Hall–Kier alpha value is -0.610. The van der Waals surface area contributed by atoms with Crippen molar-refractivity contribution in [1.82, 2.24) is 10.2 Å². The van der Waals surface area contributed by atoms with E-state index in [1.165, 1.54) is 12.8 Å². The van der Waals surface area contributed by atoms with Gasteiger partial charge in [-0.3, -0.25) is 4.79 Å². The molecule has 0 aromatic heterocycles. The van der Waals surface area contributed by atoms with Gasteiger partial charge in [-0.05, 0) is 46.2 Å². The first-order valence-corrected chi connectivity index (χ1v) is 6.79. The van der Waals surface area contributed by atoms with Crippen molar-refractivity contribution in [2.45, 2.75) is 51.6 Å². The van der Waals surface area contributed by atoms with E-state index in [1.54, 1.807) is 0 Å². The number of carbonyl (C=O) groups is 1. The molecule has 1 unspecified atom stereocenters. The minimum absolute atomic E-state index is 0.106. The topological polar surface area (TPSA) is 41.6 Å². The number of hydrogen-bond donors (Lipinski definition) is 1. The average Bonchev–Trinajstić information content (AvgIpc) is 3.13. The minimum atomic E-state index is -0.143. The van der Waals surface area contributed by atoms with E-state index in [0.717, 1.165) is 32.0 Å². The highest BCUT2D eigenvalue weighted by atomic mass is 16.5. The van der Waals surface area contributed by atoms with Crippen LogP contribution in [0.15, 0.2) is 0 Å². The van der Waals surface area contributed by atoms with Gasteiger partial charge in [0.15, 0.2) is 0 Å². The van der Waals surface area contributed by atoms with Gasteiger partial charge in [-0.1, -0.05) is 6.92 Å². The van der Waals surface area contributed by atoms with Crippen LogP contribution < -0.4 is 5.32 Å². The van der Waals surface area contributed by atoms with Crippen molar-refractivity contribution in [3.05, 3.63) is 0 Å². The molecule has 0 saturated heterocycles. The summed E-state index contributed by atoms with van der Waals surface area (Å²) in [6.07, 6.45) is 4.49. The van der Waals surface area contributed by atoms with E-state index < -0.39 is 0 Å². The molecule has 1 rings (SSSR count). The lowest BCUT2D eigenvalue weighted by atomic mass is 10.2. The largest absolute Gasteiger partial charge is 0.465 e. The predicted octanol–water partition coefficient (Wildman–Crippen LogP) is 1.40. The van der Waals surface area contributed by atoms with Crippen LogP contribution in [0.5, 0.6) is 0 Å². The summed E-state index contributed by atoms with van der Waals surface area (Å²) in [4.78, 5) is 14.1. The number of nitrogens with one attached hydrogen (secondary N) is 1. The van der Waals surface area contributed by atoms with Crippen molar-refractivity contribution in [3.63, 3.8) is 0 Å². The van der Waals surface area contributed by atoms with E-state index in [4.69, 9.17) is 4.74 Å². The molecule has 1 saturated carbocycles. The van der Waals surface area contributed by atoms with Gasteiger partial charge in [0, 0.05) is 12.6 Å². The molecule has 1 aliphatic rings. The fourth-order valence-electron chi connectivity index (χ4n) is 1.90. The van der Waals surface area contributed by atoms with Crippen molar-refractivity contribution in [2.24, 2.45) is 0 Å². The lowest BCUT2D eigenvalue weighted by Gasteiger charge is -2.21. The molecule has 0 bridgehead atoms. The highest BCUT2D eigenvalue weighted by molar-refractivity contribution is 5.75. The molecule has 0 aromatic carbocycles. The Kier molecular flexibility index (Phi) is 6.52. The van der Waals surface area contributed by atoms with Crippen molar-refractivity contribution in [1.29, 1.82) is 0 Å². The van der Waals surface area contributed by atoms with Gasteiger partial charge in [-0.2, -0.15) is 0 Å². The van der Waals surface area contributed by atoms with E-state index in [0.29, 0.717) is 6.61 Å². The van der Waals surface area contributed by atoms with Crippen LogP contribution in [0.1, 0.15) is 39.5 Å². The van der Waals surface area contributed by atoms with Crippen molar-refractivity contribution in [2.75, 3.05) is 26.7 Å². The van der Waals surface area contributed by atoms with Crippen LogP contribution >= 0.6 is 0 Å². The fraction of sp³-hybridized carbons (Fsp3) is 0.923. The lowest BCUT2D eigenvalue weighted by molar-refractivity contribution is -0.145. The quantitative estimate of drug-likeness (QED) is 0.621. The van der Waals surface area contributed by atoms with E-state index in [1.807, 2.05) is 6.92 Å². The summed E-state index contributed by atoms with van der Waals surface area (Å²) in [6, 6.07) is 0.611. The minimum Gasteiger partial charge on any atom is -0.465 e. The molecule has 4 heteroatoms. The average molecular weight is 242 g/mol. The molecule has 17 heavy (non-hydrogen) atoms. The second kappa shape index (κ2) is 7.67. The van der Waals surface area contributed by atoms with E-state index >= 15 is 0 Å². The molecule has 0 amide bonds. The van der Waals surface area contributed by atoms with Gasteiger partial charge in [0.2, 0.25) is 0 Å². The monoisotopic (exact) mass is 242 g/mol. The summed E-state index contributed by atoms with van der Waals surface area (Å²) in [5.41, 5.74) is 0. The Labute approximate surface area is 105 Å². The SMILES string of the molecule is CCCNC(CCN(C)C1CC1)C(=O)OCC. The van der Waals surface area contributed by atoms with Crippen molar-refractivity contribution >= 4 is 5.97 Å². The van der Waals surface area contributed by atoms with Crippen LogP contribution in [-0.2, 0) is 9.53 Å². The molecule has 0 aromatic rings. The number of carbonyl (C=O) groups excluding carboxylic acids is 1. The Morgan fingerprint density at radius 3 is 2.71 bits per heavy atom. The molecule has 100 valence electrons. The summed E-state index contributed by atoms with van der Waals surface area (Å²) in [5.74, 6) is -0.106. The van der Waals surface area contributed by atoms with Gasteiger partial charge in [-0.15, -0.1) is 0 Å². The summed E-state index contributed by atoms with van der Waals surface area (Å²) < 4.78 is 5.09. The first kappa shape index (κ1) is 14.5. The third-order valence-electron chi connectivity index (χ3n) is 3.15. The zero-order chi connectivity index (χ0) is 12.7. The van der Waals surface area contributed by atoms with Crippen molar-refractivity contribution < 1.29 is 9.53 Å². The molecule has 1 N–H and O–H groups in total. The van der Waals surface area contributed by atoms with E-state index in [-0.39, 0.29) is 12.0 Å². The van der Waals surface area contributed by atoms with Crippen LogP contribution in [0.4, 0.5) is 0 Å².